The van der Waals surface area contributed by atoms with Crippen molar-refractivity contribution in [3.63, 3.8) is 0 Å². The molecule has 3 rings (SSSR count). The van der Waals surface area contributed by atoms with Gasteiger partial charge in [0.1, 0.15) is 17.4 Å². The van der Waals surface area contributed by atoms with Crippen LogP contribution in [-0.2, 0) is 36.1 Å². The standard InChI is InChI=1S/C16H14O3.3CO.Cr/c1-10-7-8-13(18-2)12(9-10)15-11-5-3-4-6-14(11)19-16(15)17;3*1-2;/h3-9,15H,1-2H3;;;;. The molecule has 1 aliphatic heterocycles. The predicted molar refractivity (Wildman–Crippen MR) is 83.4 cm³/mol. The van der Waals surface area contributed by atoms with Gasteiger partial charge in [-0.1, -0.05) is 35.9 Å². The molecule has 2 aromatic carbocycles. The van der Waals surface area contributed by atoms with E-state index in [4.69, 9.17) is 23.4 Å². The second kappa shape index (κ2) is 13.7. The molecule has 0 N–H and O–H groups in total. The fraction of sp³-hybridized carbons (Fsp3) is 0.158. The van der Waals surface area contributed by atoms with Crippen molar-refractivity contribution in [2.45, 2.75) is 12.8 Å². The number of ether oxygens (including phenoxy) is 2. The Morgan fingerprint density at radius 1 is 0.962 bits per heavy atom. The number of benzene rings is 2. The number of aryl methyl sites for hydroxylation is 1. The molecule has 0 saturated carbocycles. The molecule has 0 aliphatic carbocycles. The smallest absolute Gasteiger partial charge is 0 e. The monoisotopic (exact) mass is 390 g/mol. The van der Waals surface area contributed by atoms with Crippen LogP contribution in [0.2, 0.25) is 0 Å². The van der Waals surface area contributed by atoms with Gasteiger partial charge in [0.05, 0.1) is 7.11 Å². The average molecular weight is 390 g/mol. The molecule has 0 radical (unpaired) electrons. The van der Waals surface area contributed by atoms with Crippen LogP contribution in [0.1, 0.15) is 22.6 Å². The van der Waals surface area contributed by atoms with Crippen LogP contribution in [0.5, 0.6) is 11.5 Å². The van der Waals surface area contributed by atoms with E-state index in [1.54, 1.807) is 7.11 Å². The van der Waals surface area contributed by atoms with Crippen molar-refractivity contribution in [3.8, 4) is 11.5 Å². The second-order valence-electron chi connectivity index (χ2n) is 4.64. The number of rotatable bonds is 2. The van der Waals surface area contributed by atoms with E-state index in [-0.39, 0.29) is 23.3 Å². The molecule has 0 aromatic heterocycles. The van der Waals surface area contributed by atoms with E-state index in [9.17, 15) is 4.79 Å². The Morgan fingerprint density at radius 2 is 1.54 bits per heavy atom. The average Bonchev–Trinajstić information content (AvgIpc) is 3.02. The fourth-order valence-corrected chi connectivity index (χ4v) is 2.48. The maximum Gasteiger partial charge on any atom is 0 e. The number of carbonyl (C=O) groups is 1. The molecule has 2 aromatic rings. The molecule has 132 valence electrons. The Labute approximate surface area is 162 Å². The first-order valence-electron chi connectivity index (χ1n) is 6.77. The van der Waals surface area contributed by atoms with Gasteiger partial charge in [-0.15, -0.1) is 0 Å². The normalized spacial score (nSPS) is 12.6. The molecule has 7 heteroatoms. The van der Waals surface area contributed by atoms with Gasteiger partial charge in [0.2, 0.25) is 0 Å². The summed E-state index contributed by atoms with van der Waals surface area (Å²) in [5, 5.41) is 0. The van der Waals surface area contributed by atoms with Gasteiger partial charge in [0.25, 0.3) is 0 Å². The minimum atomic E-state index is -0.397. The molecular weight excluding hydrogens is 376 g/mol. The summed E-state index contributed by atoms with van der Waals surface area (Å²) in [6.45, 7) is 15.5. The SMILES string of the molecule is COc1ccc(C)cc1C1C(=O)Oc2ccccc21.[C-]#[O+].[C-]#[O+].[C-]#[O+].[Cr]. The second-order valence-corrected chi connectivity index (χ2v) is 4.64. The largest absolute Gasteiger partial charge is 0 e. The van der Waals surface area contributed by atoms with Crippen molar-refractivity contribution in [1.82, 2.24) is 0 Å². The van der Waals surface area contributed by atoms with Gasteiger partial charge in [-0.3, -0.25) is 4.79 Å². The van der Waals surface area contributed by atoms with Crippen LogP contribution in [-0.4, -0.2) is 13.1 Å². The van der Waals surface area contributed by atoms with Crippen LogP contribution >= 0.6 is 0 Å². The van der Waals surface area contributed by atoms with Gasteiger partial charge in [-0.2, -0.15) is 0 Å². The minimum Gasteiger partial charge on any atom is 0 e. The third-order valence-corrected chi connectivity index (χ3v) is 3.37. The zero-order chi connectivity index (χ0) is 19.4. The van der Waals surface area contributed by atoms with Crippen molar-refractivity contribution in [3.05, 3.63) is 79.1 Å². The fourth-order valence-electron chi connectivity index (χ4n) is 2.48. The molecule has 1 unspecified atom stereocenters. The van der Waals surface area contributed by atoms with Gasteiger partial charge < -0.3 is 9.47 Å². The van der Waals surface area contributed by atoms with Gasteiger partial charge in [-0.25, -0.2) is 0 Å². The van der Waals surface area contributed by atoms with Gasteiger partial charge >= 0.3 is 39.9 Å². The first kappa shape index (κ1) is 25.7. The number of hydrogen-bond donors (Lipinski definition) is 0. The topological polar surface area (TPSA) is 95.2 Å². The van der Waals surface area contributed by atoms with E-state index >= 15 is 0 Å². The summed E-state index contributed by atoms with van der Waals surface area (Å²) in [7, 11) is 1.61. The summed E-state index contributed by atoms with van der Waals surface area (Å²) in [6.07, 6.45) is 0. The van der Waals surface area contributed by atoms with E-state index in [1.165, 1.54) is 0 Å². The summed E-state index contributed by atoms with van der Waals surface area (Å²) >= 11 is 0. The molecule has 26 heavy (non-hydrogen) atoms. The van der Waals surface area contributed by atoms with Crippen molar-refractivity contribution in [2.24, 2.45) is 0 Å². The molecular formula is C19H14CrO6. The van der Waals surface area contributed by atoms with Crippen molar-refractivity contribution >= 4 is 5.97 Å². The van der Waals surface area contributed by atoms with Gasteiger partial charge in [0, 0.05) is 28.5 Å². The quantitative estimate of drug-likeness (QED) is 0.341. The number of methoxy groups -OCH3 is 1. The third-order valence-electron chi connectivity index (χ3n) is 3.37. The maximum atomic E-state index is 12.1. The summed E-state index contributed by atoms with van der Waals surface area (Å²) in [6, 6.07) is 13.3. The number of para-hydroxylation sites is 1. The Hall–Kier alpha value is -2.54. The van der Waals surface area contributed by atoms with E-state index in [0.717, 1.165) is 16.7 Å². The first-order chi connectivity index (χ1) is 12.2. The van der Waals surface area contributed by atoms with Crippen LogP contribution in [0.4, 0.5) is 0 Å². The Balaban J connectivity index is 0. The minimum absolute atomic E-state index is 0. The van der Waals surface area contributed by atoms with E-state index in [1.807, 2.05) is 49.4 Å². The van der Waals surface area contributed by atoms with Crippen LogP contribution in [0.25, 0.3) is 0 Å². The number of hydrogen-bond acceptors (Lipinski definition) is 3. The molecule has 6 nitrogen and oxygen atoms in total. The molecule has 0 bridgehead atoms. The third kappa shape index (κ3) is 5.77. The van der Waals surface area contributed by atoms with Gasteiger partial charge in [0.15, 0.2) is 0 Å². The summed E-state index contributed by atoms with van der Waals surface area (Å²) < 4.78 is 33.2. The molecule has 0 fully saturated rings. The summed E-state index contributed by atoms with van der Waals surface area (Å²) in [4.78, 5) is 12.1. The maximum absolute atomic E-state index is 12.1. The molecule has 1 aliphatic rings. The van der Waals surface area contributed by atoms with Crippen LogP contribution in [0.15, 0.2) is 42.5 Å². The molecule has 1 atom stereocenters. The number of esters is 1. The van der Waals surface area contributed by atoms with E-state index in [2.05, 4.69) is 20.0 Å². The molecule has 0 amide bonds. The molecule has 0 spiro atoms. The number of carbonyl (C=O) groups excluding carboxylic acids is 1. The molecule has 0 saturated heterocycles. The summed E-state index contributed by atoms with van der Waals surface area (Å²) in [5.74, 6) is 0.710. The van der Waals surface area contributed by atoms with Crippen molar-refractivity contribution in [1.29, 1.82) is 0 Å². The predicted octanol–water partition coefficient (Wildman–Crippen LogP) is 2.94. The summed E-state index contributed by atoms with van der Waals surface area (Å²) in [5.41, 5.74) is 2.85. The Bertz CT molecular complexity index is 765. The van der Waals surface area contributed by atoms with Crippen LogP contribution < -0.4 is 9.47 Å². The van der Waals surface area contributed by atoms with Crippen molar-refractivity contribution < 1.29 is 45.6 Å². The van der Waals surface area contributed by atoms with Crippen LogP contribution in [0.3, 0.4) is 0 Å². The van der Waals surface area contributed by atoms with Crippen molar-refractivity contribution in [2.75, 3.05) is 7.11 Å². The Kier molecular flexibility index (Phi) is 13.6. The van der Waals surface area contributed by atoms with E-state index in [0.29, 0.717) is 11.5 Å². The van der Waals surface area contributed by atoms with E-state index < -0.39 is 5.92 Å². The zero-order valence-electron chi connectivity index (χ0n) is 14.0. The first-order valence-corrected chi connectivity index (χ1v) is 6.77. The number of fused-ring (bicyclic) bond motifs is 1. The Morgan fingerprint density at radius 3 is 2.12 bits per heavy atom. The van der Waals surface area contributed by atoms with Crippen LogP contribution in [0, 0.1) is 26.9 Å². The molecule has 1 heterocycles. The zero-order valence-corrected chi connectivity index (χ0v) is 15.3. The van der Waals surface area contributed by atoms with Gasteiger partial charge in [-0.05, 0) is 19.1 Å².